The van der Waals surface area contributed by atoms with E-state index in [-0.39, 0.29) is 11.9 Å². The third-order valence-electron chi connectivity index (χ3n) is 3.07. The Morgan fingerprint density at radius 3 is 3.10 bits per heavy atom. The molecule has 1 atom stereocenters. The lowest BCUT2D eigenvalue weighted by molar-refractivity contribution is -0.389. The average Bonchev–Trinajstić information content (AvgIpc) is 3.04. The van der Waals surface area contributed by atoms with Gasteiger partial charge in [-0.2, -0.15) is 14.5 Å². The van der Waals surface area contributed by atoms with Gasteiger partial charge in [0.05, 0.1) is 5.69 Å². The normalized spacial score (nSPS) is 12.7. The zero-order valence-electron chi connectivity index (χ0n) is 11.5. The van der Waals surface area contributed by atoms with Crippen LogP contribution in [-0.2, 0) is 6.42 Å². The molecule has 0 saturated heterocycles. The van der Waals surface area contributed by atoms with Gasteiger partial charge in [-0.1, -0.05) is 11.3 Å². The highest BCUT2D eigenvalue weighted by molar-refractivity contribution is 7.15. The molecule has 9 heteroatoms. The van der Waals surface area contributed by atoms with Gasteiger partial charge >= 0.3 is 5.82 Å². The third-order valence-corrected chi connectivity index (χ3v) is 3.82. The maximum Gasteiger partial charge on any atom is 0.372 e. The van der Waals surface area contributed by atoms with Crippen molar-refractivity contribution in [1.82, 2.24) is 19.6 Å². The van der Waals surface area contributed by atoms with Crippen LogP contribution >= 0.6 is 11.3 Å². The van der Waals surface area contributed by atoms with Crippen LogP contribution in [0.1, 0.15) is 18.3 Å². The van der Waals surface area contributed by atoms with Crippen LogP contribution in [0.15, 0.2) is 17.6 Å². The van der Waals surface area contributed by atoms with Gasteiger partial charge in [0, 0.05) is 23.5 Å². The molecule has 0 fully saturated rings. The van der Waals surface area contributed by atoms with E-state index in [0.717, 1.165) is 11.4 Å². The number of rotatable bonds is 5. The smallest absolute Gasteiger partial charge is 0.360 e. The Bertz CT molecular complexity index is 789. The highest BCUT2D eigenvalue weighted by atomic mass is 32.1. The van der Waals surface area contributed by atoms with Gasteiger partial charge in [-0.05, 0) is 24.8 Å². The predicted octanol–water partition coefficient (Wildman–Crippen LogP) is 2.38. The van der Waals surface area contributed by atoms with Crippen LogP contribution in [0, 0.1) is 17.0 Å². The number of anilines is 1. The maximum absolute atomic E-state index is 11.2. The third kappa shape index (κ3) is 2.59. The summed E-state index contributed by atoms with van der Waals surface area (Å²) in [6.45, 7) is 3.88. The first-order chi connectivity index (χ1) is 10.0. The Morgan fingerprint density at radius 2 is 2.43 bits per heavy atom. The van der Waals surface area contributed by atoms with Crippen molar-refractivity contribution in [1.29, 1.82) is 0 Å². The van der Waals surface area contributed by atoms with Gasteiger partial charge in [0.15, 0.2) is 0 Å². The van der Waals surface area contributed by atoms with E-state index in [0.29, 0.717) is 17.2 Å². The molecule has 2 N–H and O–H groups in total. The Morgan fingerprint density at radius 1 is 1.62 bits per heavy atom. The molecule has 21 heavy (non-hydrogen) atoms. The van der Waals surface area contributed by atoms with Crippen molar-refractivity contribution in [3.63, 3.8) is 0 Å². The maximum atomic E-state index is 11.2. The number of hydrogen-bond acceptors (Lipinski definition) is 6. The second-order valence-electron chi connectivity index (χ2n) is 4.89. The van der Waals surface area contributed by atoms with Gasteiger partial charge in [-0.3, -0.25) is 5.10 Å². The van der Waals surface area contributed by atoms with Crippen LogP contribution < -0.4 is 5.32 Å². The number of H-pyrrole nitrogens is 1. The van der Waals surface area contributed by atoms with Crippen LogP contribution in [-0.4, -0.2) is 30.5 Å². The van der Waals surface area contributed by atoms with E-state index in [2.05, 4.69) is 20.5 Å². The molecular weight excluding hydrogens is 292 g/mol. The molecule has 0 amide bonds. The molecule has 0 saturated carbocycles. The van der Waals surface area contributed by atoms with E-state index >= 15 is 0 Å². The van der Waals surface area contributed by atoms with Crippen molar-refractivity contribution < 1.29 is 4.92 Å². The second kappa shape index (κ2) is 5.17. The van der Waals surface area contributed by atoms with Crippen molar-refractivity contribution in [2.24, 2.45) is 0 Å². The number of aromatic amines is 1. The van der Waals surface area contributed by atoms with Crippen molar-refractivity contribution in [3.05, 3.63) is 39.1 Å². The number of nitrogens with zero attached hydrogens (tertiary/aromatic N) is 4. The molecule has 0 bridgehead atoms. The van der Waals surface area contributed by atoms with E-state index < -0.39 is 4.92 Å². The fraction of sp³-hybridized carbons (Fsp3) is 0.333. The monoisotopic (exact) mass is 306 g/mol. The minimum atomic E-state index is -0.416. The Hall–Kier alpha value is -2.42. The highest BCUT2D eigenvalue weighted by Crippen LogP contribution is 2.28. The number of hydrogen-bond donors (Lipinski definition) is 2. The first kappa shape index (κ1) is 13.6. The molecule has 0 spiro atoms. The summed E-state index contributed by atoms with van der Waals surface area (Å²) in [5, 5.41) is 23.2. The first-order valence-corrected chi connectivity index (χ1v) is 7.30. The molecule has 0 aliphatic heterocycles. The lowest BCUT2D eigenvalue weighted by Gasteiger charge is -2.11. The SMILES string of the molecule is Cc1cc(CC(C)Nc2nc3sccn3c2[N+](=O)[O-])n[nH]1. The number of nitrogens with one attached hydrogen (secondary N) is 2. The van der Waals surface area contributed by atoms with Gasteiger partial charge in [-0.25, -0.2) is 0 Å². The second-order valence-corrected chi connectivity index (χ2v) is 5.76. The molecule has 1 unspecified atom stereocenters. The molecule has 8 nitrogen and oxygen atoms in total. The van der Waals surface area contributed by atoms with Gasteiger partial charge in [0.2, 0.25) is 5.82 Å². The molecule has 3 aromatic rings. The summed E-state index contributed by atoms with van der Waals surface area (Å²) in [5.41, 5.74) is 1.90. The number of aromatic nitrogens is 4. The largest absolute Gasteiger partial charge is 0.372 e. The Labute approximate surface area is 124 Å². The number of imidazole rings is 1. The van der Waals surface area contributed by atoms with Crippen molar-refractivity contribution in [3.8, 4) is 0 Å². The number of aryl methyl sites for hydroxylation is 1. The molecule has 0 radical (unpaired) electrons. The topological polar surface area (TPSA) is 101 Å². The van der Waals surface area contributed by atoms with Crippen LogP contribution in [0.2, 0.25) is 0 Å². The van der Waals surface area contributed by atoms with E-state index in [4.69, 9.17) is 0 Å². The van der Waals surface area contributed by atoms with Crippen LogP contribution in [0.25, 0.3) is 4.96 Å². The van der Waals surface area contributed by atoms with E-state index in [1.54, 1.807) is 11.6 Å². The highest BCUT2D eigenvalue weighted by Gasteiger charge is 2.24. The van der Waals surface area contributed by atoms with Crippen LogP contribution in [0.5, 0.6) is 0 Å². The zero-order valence-corrected chi connectivity index (χ0v) is 12.3. The molecule has 0 aliphatic carbocycles. The summed E-state index contributed by atoms with van der Waals surface area (Å²) in [5.74, 6) is 0.267. The number of nitro groups is 1. The first-order valence-electron chi connectivity index (χ1n) is 6.42. The van der Waals surface area contributed by atoms with Crippen LogP contribution in [0.3, 0.4) is 0 Å². The number of thiazole rings is 1. The molecule has 0 aromatic carbocycles. The molecule has 3 rings (SSSR count). The lowest BCUT2D eigenvalue weighted by Crippen LogP contribution is -2.19. The lowest BCUT2D eigenvalue weighted by atomic mass is 10.2. The van der Waals surface area contributed by atoms with Gasteiger partial charge in [-0.15, -0.1) is 0 Å². The summed E-state index contributed by atoms with van der Waals surface area (Å²) >= 11 is 1.36. The number of fused-ring (bicyclic) bond motifs is 1. The van der Waals surface area contributed by atoms with Crippen molar-refractivity contribution >= 4 is 27.9 Å². The Balaban J connectivity index is 1.82. The molecule has 3 aromatic heterocycles. The average molecular weight is 306 g/mol. The Kier molecular flexibility index (Phi) is 3.34. The molecule has 3 heterocycles. The fourth-order valence-electron chi connectivity index (χ4n) is 2.22. The summed E-state index contributed by atoms with van der Waals surface area (Å²) in [6, 6.07) is 1.94. The van der Waals surface area contributed by atoms with Gasteiger partial charge < -0.3 is 15.4 Å². The fourth-order valence-corrected chi connectivity index (χ4v) is 2.93. The minimum absolute atomic E-state index is 0.0176. The summed E-state index contributed by atoms with van der Waals surface area (Å²) < 4.78 is 1.48. The quantitative estimate of drug-likeness (QED) is 0.556. The molecule has 110 valence electrons. The van der Waals surface area contributed by atoms with Gasteiger partial charge in [0.1, 0.15) is 6.20 Å². The molecule has 0 aliphatic rings. The molecular formula is C12H14N6O2S. The zero-order chi connectivity index (χ0) is 15.0. The van der Waals surface area contributed by atoms with E-state index in [1.165, 1.54) is 15.7 Å². The van der Waals surface area contributed by atoms with Crippen molar-refractivity contribution in [2.75, 3.05) is 5.32 Å². The van der Waals surface area contributed by atoms with E-state index in [1.807, 2.05) is 19.9 Å². The van der Waals surface area contributed by atoms with E-state index in [9.17, 15) is 10.1 Å². The standard InChI is InChI=1S/C12H14N6O2S/c1-7(5-9-6-8(2)15-16-9)13-10-11(18(19)20)17-3-4-21-12(17)14-10/h3-4,6-7,13H,5H2,1-2H3,(H,15,16). The summed E-state index contributed by atoms with van der Waals surface area (Å²) in [7, 11) is 0. The predicted molar refractivity (Wildman–Crippen MR) is 79.8 cm³/mol. The summed E-state index contributed by atoms with van der Waals surface area (Å²) in [4.78, 5) is 15.7. The van der Waals surface area contributed by atoms with Gasteiger partial charge in [0.25, 0.3) is 4.96 Å². The van der Waals surface area contributed by atoms with Crippen molar-refractivity contribution in [2.45, 2.75) is 26.3 Å². The van der Waals surface area contributed by atoms with Crippen LogP contribution in [0.4, 0.5) is 11.6 Å². The summed E-state index contributed by atoms with van der Waals surface area (Å²) in [6.07, 6.45) is 2.31. The minimum Gasteiger partial charge on any atom is -0.360 e.